The normalized spacial score (nSPS) is 14.3. The number of pyridine rings is 1. The van der Waals surface area contributed by atoms with Crippen LogP contribution in [0.15, 0.2) is 168 Å². The van der Waals surface area contributed by atoms with Crippen molar-refractivity contribution in [1.82, 2.24) is 14.5 Å². The van der Waals surface area contributed by atoms with Crippen LogP contribution >= 0.6 is 0 Å². The fraction of sp³-hybridized carbons (Fsp3) is 0.226. The Kier molecular flexibility index (Phi) is 13.0. The van der Waals surface area contributed by atoms with Gasteiger partial charge in [-0.3, -0.25) is 4.98 Å². The Morgan fingerprint density at radius 2 is 1.28 bits per heavy atom. The molecular weight excluding hydrogens is 1020 g/mol. The average Bonchev–Trinajstić information content (AvgIpc) is 3.96. The third-order valence-electron chi connectivity index (χ3n) is 14.5. The van der Waals surface area contributed by atoms with Crippen molar-refractivity contribution in [3.05, 3.63) is 193 Å². The number of rotatable bonds is 7. The minimum absolute atomic E-state index is 0. The molecule has 7 aromatic carbocycles. The summed E-state index contributed by atoms with van der Waals surface area (Å²) in [5.74, 6) is 1.41. The molecule has 10 aromatic rings. The van der Waals surface area contributed by atoms with Crippen LogP contribution in [0, 0.1) is 12.1 Å². The van der Waals surface area contributed by atoms with Gasteiger partial charge in [-0.05, 0) is 92.8 Å². The Morgan fingerprint density at radius 3 is 1.99 bits per heavy atom. The Hall–Kier alpha value is -6.17. The summed E-state index contributed by atoms with van der Waals surface area (Å²) in [5.41, 5.74) is 16.9. The zero-order chi connectivity index (χ0) is 45.5. The molecule has 1 saturated heterocycles. The fourth-order valence-electron chi connectivity index (χ4n) is 11.1. The van der Waals surface area contributed by atoms with Crippen LogP contribution < -0.4 is 5.19 Å². The van der Waals surface area contributed by atoms with Crippen molar-refractivity contribution in [2.45, 2.75) is 89.8 Å². The Bertz CT molecular complexity index is 3340. The Morgan fingerprint density at radius 1 is 0.603 bits per heavy atom. The summed E-state index contributed by atoms with van der Waals surface area (Å²) < 4.78 is 9.10. The van der Waals surface area contributed by atoms with Gasteiger partial charge in [0, 0.05) is 37.4 Å². The number of aryl methyl sites for hydroxylation is 1. The fourth-order valence-corrected chi connectivity index (χ4v) is 16.6. The SMILES string of the molecule is CC(C)c1cc(-c2ccccc2)cc(C(C)C)c1-n1c(-c2[c-]ccc3c2oc2cc(-c4ccccc4)ccc23)nc2ccccc21.[Ir].[c-]1ccccc1-c1cc2c(cn1)[Si]1(CCCCC1)CCC2. The van der Waals surface area contributed by atoms with Gasteiger partial charge in [-0.15, -0.1) is 54.1 Å². The molecule has 0 saturated carbocycles. The van der Waals surface area contributed by atoms with E-state index in [4.69, 9.17) is 14.4 Å². The van der Waals surface area contributed by atoms with E-state index in [0.29, 0.717) is 0 Å². The number of aromatic nitrogens is 3. The van der Waals surface area contributed by atoms with Crippen LogP contribution in [-0.4, -0.2) is 22.6 Å². The molecule has 0 N–H and O–H groups in total. The maximum Gasteiger partial charge on any atom is 0.121 e. The zero-order valence-corrected chi connectivity index (χ0v) is 42.9. The van der Waals surface area contributed by atoms with Crippen molar-refractivity contribution in [2.24, 2.45) is 0 Å². The first-order valence-corrected chi connectivity index (χ1v) is 27.1. The van der Waals surface area contributed by atoms with Crippen molar-refractivity contribution in [3.63, 3.8) is 0 Å². The van der Waals surface area contributed by atoms with Gasteiger partial charge < -0.3 is 14.0 Å². The summed E-state index contributed by atoms with van der Waals surface area (Å²) in [6.45, 7) is 9.14. The van der Waals surface area contributed by atoms with E-state index in [-0.39, 0.29) is 31.9 Å². The number of benzene rings is 7. The first kappa shape index (κ1) is 45.6. The first-order valence-electron chi connectivity index (χ1n) is 24.5. The smallest absolute Gasteiger partial charge is 0.121 e. The van der Waals surface area contributed by atoms with Crippen molar-refractivity contribution in [3.8, 4) is 50.6 Å². The summed E-state index contributed by atoms with van der Waals surface area (Å²) in [4.78, 5) is 10.1. The van der Waals surface area contributed by atoms with Gasteiger partial charge >= 0.3 is 0 Å². The Labute approximate surface area is 415 Å². The number of hydrogen-bond acceptors (Lipinski definition) is 3. The summed E-state index contributed by atoms with van der Waals surface area (Å²) in [6.07, 6.45) is 9.28. The molecule has 2 aliphatic rings. The molecule has 68 heavy (non-hydrogen) atoms. The zero-order valence-electron chi connectivity index (χ0n) is 39.5. The molecule has 1 fully saturated rings. The molecule has 6 heteroatoms. The van der Waals surface area contributed by atoms with Gasteiger partial charge in [0.05, 0.1) is 30.5 Å². The number of nitrogens with zero attached hydrogens (tertiary/aromatic N) is 3. The maximum absolute atomic E-state index is 6.73. The molecule has 4 nitrogen and oxygen atoms in total. The molecule has 0 amide bonds. The third-order valence-corrected chi connectivity index (χ3v) is 20.1. The average molecular weight is 1080 g/mol. The molecule has 0 bridgehead atoms. The van der Waals surface area contributed by atoms with Crippen molar-refractivity contribution in [2.75, 3.05) is 0 Å². The molecule has 5 heterocycles. The van der Waals surface area contributed by atoms with E-state index in [1.165, 1.54) is 83.7 Å². The third kappa shape index (κ3) is 8.53. The Balaban J connectivity index is 0.000000204. The first-order chi connectivity index (χ1) is 32.8. The number of hydrogen-bond donors (Lipinski definition) is 0. The van der Waals surface area contributed by atoms with Crippen LogP contribution in [0.2, 0.25) is 18.1 Å². The number of fused-ring (bicyclic) bond motifs is 6. The molecule has 3 aromatic heterocycles. The van der Waals surface area contributed by atoms with Crippen LogP contribution in [-0.2, 0) is 26.5 Å². The molecule has 12 rings (SSSR count). The molecule has 0 unspecified atom stereocenters. The molecule has 341 valence electrons. The quantitative estimate of drug-likeness (QED) is 0.118. The molecular formula is C62H57IrN3OSi-2. The van der Waals surface area contributed by atoms with E-state index in [9.17, 15) is 0 Å². The van der Waals surface area contributed by atoms with Gasteiger partial charge in [0.15, 0.2) is 0 Å². The van der Waals surface area contributed by atoms with Gasteiger partial charge in [0.2, 0.25) is 0 Å². The van der Waals surface area contributed by atoms with Crippen LogP contribution in [0.25, 0.3) is 83.6 Å². The second-order valence-corrected chi connectivity index (χ2v) is 24.0. The maximum atomic E-state index is 6.73. The minimum Gasteiger partial charge on any atom is -0.501 e. The van der Waals surface area contributed by atoms with E-state index in [1.807, 2.05) is 24.3 Å². The van der Waals surface area contributed by atoms with E-state index in [1.54, 1.807) is 10.8 Å². The van der Waals surface area contributed by atoms with Gasteiger partial charge in [0.1, 0.15) is 5.58 Å². The largest absolute Gasteiger partial charge is 0.501 e. The van der Waals surface area contributed by atoms with Crippen molar-refractivity contribution in [1.29, 1.82) is 0 Å². The molecule has 2 aliphatic heterocycles. The van der Waals surface area contributed by atoms with Gasteiger partial charge in [-0.2, -0.15) is 0 Å². The molecule has 1 spiro atoms. The van der Waals surface area contributed by atoms with Gasteiger partial charge in [0.25, 0.3) is 0 Å². The van der Waals surface area contributed by atoms with E-state index in [2.05, 4.69) is 184 Å². The monoisotopic (exact) mass is 1080 g/mol. The standard InChI is InChI=1S/C43H35N2O.C19H22NSi.Ir/c1-27(2)36-24-32(30-16-9-6-10-17-30)25-37(28(3)4)41(36)45-39-21-12-11-20-38(39)44-43(45)35-19-13-18-34-33-23-22-31(26-40(33)46-42(34)35)29-14-7-5-8-15-29;1-3-8-16(9-4-1)18-14-17-10-7-13-21(19(17)15-20-18)11-5-2-6-12-21;/h5-18,20-28H,1-4H3;1,3-4,8,14-15H,2,5-7,10-13H2;/q2*-1;. The van der Waals surface area contributed by atoms with E-state index < -0.39 is 8.07 Å². The second-order valence-electron chi connectivity index (χ2n) is 19.4. The number of imidazole rings is 1. The van der Waals surface area contributed by atoms with Gasteiger partial charge in [-0.1, -0.05) is 179 Å². The van der Waals surface area contributed by atoms with Crippen LogP contribution in [0.1, 0.15) is 81.9 Å². The predicted molar refractivity (Wildman–Crippen MR) is 282 cm³/mol. The second kappa shape index (κ2) is 19.4. The van der Waals surface area contributed by atoms with Gasteiger partial charge in [-0.25, -0.2) is 0 Å². The summed E-state index contributed by atoms with van der Waals surface area (Å²) in [5, 5.41) is 3.85. The van der Waals surface area contributed by atoms with Crippen molar-refractivity contribution < 1.29 is 24.5 Å². The van der Waals surface area contributed by atoms with Crippen LogP contribution in [0.3, 0.4) is 0 Å². The van der Waals surface area contributed by atoms with Crippen molar-refractivity contribution >= 4 is 46.2 Å². The van der Waals surface area contributed by atoms with E-state index >= 15 is 0 Å². The van der Waals surface area contributed by atoms with Crippen LogP contribution in [0.5, 0.6) is 0 Å². The summed E-state index contributed by atoms with van der Waals surface area (Å²) in [6, 6.07) is 66.9. The molecule has 1 radical (unpaired) electrons. The summed E-state index contributed by atoms with van der Waals surface area (Å²) in [7, 11) is -1.19. The number of furan rings is 1. The molecule has 0 aliphatic carbocycles. The van der Waals surface area contributed by atoms with Crippen LogP contribution in [0.4, 0.5) is 0 Å². The van der Waals surface area contributed by atoms with E-state index in [0.717, 1.165) is 61.2 Å². The minimum atomic E-state index is -1.19. The number of para-hydroxylation sites is 2. The summed E-state index contributed by atoms with van der Waals surface area (Å²) >= 11 is 0. The topological polar surface area (TPSA) is 43.9 Å². The predicted octanol–water partition coefficient (Wildman–Crippen LogP) is 16.3. The molecule has 0 atom stereocenters.